The first kappa shape index (κ1) is 24.5. The van der Waals surface area contributed by atoms with Crippen LogP contribution in [0.1, 0.15) is 24.8 Å². The molecule has 0 aliphatic rings. The molecule has 162 valence electrons. The summed E-state index contributed by atoms with van der Waals surface area (Å²) in [5, 5.41) is 5.16. The summed E-state index contributed by atoms with van der Waals surface area (Å²) in [5.74, 6) is -0.625. The molecule has 0 saturated carbocycles. The Morgan fingerprint density at radius 1 is 1.03 bits per heavy atom. The summed E-state index contributed by atoms with van der Waals surface area (Å²) in [6.07, 6.45) is 0.469. The van der Waals surface area contributed by atoms with E-state index in [0.717, 1.165) is 11.6 Å². The van der Waals surface area contributed by atoms with E-state index in [2.05, 4.69) is 30.3 Å². The fourth-order valence-electron chi connectivity index (χ4n) is 2.36. The zero-order chi connectivity index (χ0) is 21.7. The molecule has 1 aromatic carbocycles. The summed E-state index contributed by atoms with van der Waals surface area (Å²) in [7, 11) is -1.22. The van der Waals surface area contributed by atoms with Crippen molar-refractivity contribution in [3.8, 4) is 0 Å². The minimum absolute atomic E-state index is 0.113. The van der Waals surface area contributed by atoms with E-state index in [1.807, 2.05) is 30.3 Å². The first-order chi connectivity index (χ1) is 13.7. The third-order valence-electron chi connectivity index (χ3n) is 4.12. The summed E-state index contributed by atoms with van der Waals surface area (Å²) in [5.41, 5.74) is 6.20. The molecule has 0 aliphatic heterocycles. The number of nitrogens with one attached hydrogen (secondary N) is 2. The predicted octanol–water partition coefficient (Wildman–Crippen LogP) is 3.00. The van der Waals surface area contributed by atoms with Crippen molar-refractivity contribution in [2.75, 3.05) is 13.2 Å². The Kier molecular flexibility index (Phi) is 10.8. The predicted molar refractivity (Wildman–Crippen MR) is 114 cm³/mol. The molecule has 1 atom stereocenters. The third kappa shape index (κ3) is 12.5. The first-order valence-electron chi connectivity index (χ1n) is 9.84. The maximum absolute atomic E-state index is 11.9. The van der Waals surface area contributed by atoms with Gasteiger partial charge in [0.15, 0.2) is 0 Å². The summed E-state index contributed by atoms with van der Waals surface area (Å²) >= 11 is 0. The van der Waals surface area contributed by atoms with Gasteiger partial charge in [-0.1, -0.05) is 50.0 Å². The average Bonchev–Trinajstić information content (AvgIpc) is 2.64. The number of rotatable bonds is 12. The van der Waals surface area contributed by atoms with Gasteiger partial charge in [0, 0.05) is 14.6 Å². The molecule has 29 heavy (non-hydrogen) atoms. The first-order valence-corrected chi connectivity index (χ1v) is 13.6. The van der Waals surface area contributed by atoms with Crippen LogP contribution in [0.4, 0.5) is 9.59 Å². The van der Waals surface area contributed by atoms with Crippen LogP contribution in [-0.2, 0) is 20.9 Å². The number of benzene rings is 1. The molecular weight excluding hydrogens is 390 g/mol. The van der Waals surface area contributed by atoms with E-state index in [9.17, 15) is 14.4 Å². The SMILES string of the molecule is C[Si](C)(C)CCOC(=O)NCCCCC(NC(=O)OCc1ccccc1)C(N)=O. The van der Waals surface area contributed by atoms with Gasteiger partial charge in [0.05, 0.1) is 6.61 Å². The van der Waals surface area contributed by atoms with Crippen LogP contribution in [0.2, 0.25) is 25.7 Å². The Balaban J connectivity index is 2.19. The molecule has 0 fully saturated rings. The number of nitrogens with two attached hydrogens (primary N) is 1. The molecule has 9 heteroatoms. The number of hydrogen-bond acceptors (Lipinski definition) is 5. The second-order valence-electron chi connectivity index (χ2n) is 8.03. The van der Waals surface area contributed by atoms with Gasteiger partial charge < -0.3 is 25.8 Å². The smallest absolute Gasteiger partial charge is 0.408 e. The second kappa shape index (κ2) is 12.8. The Bertz CT molecular complexity index is 649. The number of primary amides is 1. The quantitative estimate of drug-likeness (QED) is 0.353. The largest absolute Gasteiger partial charge is 0.450 e. The van der Waals surface area contributed by atoms with E-state index in [-0.39, 0.29) is 6.61 Å². The number of alkyl carbamates (subject to hydrolysis) is 2. The molecule has 3 amide bonds. The number of hydrogen-bond donors (Lipinski definition) is 3. The van der Waals surface area contributed by atoms with Crippen LogP contribution in [0.15, 0.2) is 30.3 Å². The monoisotopic (exact) mass is 423 g/mol. The van der Waals surface area contributed by atoms with Crippen molar-refractivity contribution in [1.82, 2.24) is 10.6 Å². The lowest BCUT2D eigenvalue weighted by Crippen LogP contribution is -2.44. The van der Waals surface area contributed by atoms with Crippen molar-refractivity contribution in [3.63, 3.8) is 0 Å². The number of carbonyl (C=O) groups excluding carboxylic acids is 3. The lowest BCUT2D eigenvalue weighted by molar-refractivity contribution is -0.120. The maximum atomic E-state index is 11.9. The highest BCUT2D eigenvalue weighted by Gasteiger charge is 2.18. The van der Waals surface area contributed by atoms with Gasteiger partial charge in [-0.2, -0.15) is 0 Å². The number of unbranched alkanes of at least 4 members (excludes halogenated alkanes) is 1. The molecule has 1 rings (SSSR count). The number of ether oxygens (including phenoxy) is 2. The van der Waals surface area contributed by atoms with Crippen LogP contribution in [0.5, 0.6) is 0 Å². The Morgan fingerprint density at radius 2 is 1.72 bits per heavy atom. The van der Waals surface area contributed by atoms with Crippen molar-refractivity contribution in [2.24, 2.45) is 5.73 Å². The molecule has 0 radical (unpaired) electrons. The highest BCUT2D eigenvalue weighted by Crippen LogP contribution is 2.07. The third-order valence-corrected chi connectivity index (χ3v) is 5.83. The van der Waals surface area contributed by atoms with E-state index in [1.54, 1.807) is 0 Å². The van der Waals surface area contributed by atoms with E-state index < -0.39 is 32.2 Å². The Morgan fingerprint density at radius 3 is 2.34 bits per heavy atom. The number of amides is 3. The van der Waals surface area contributed by atoms with Gasteiger partial charge in [-0.15, -0.1) is 0 Å². The normalized spacial score (nSPS) is 12.0. The molecule has 1 unspecified atom stereocenters. The summed E-state index contributed by atoms with van der Waals surface area (Å²) in [6.45, 7) is 7.62. The van der Waals surface area contributed by atoms with Crippen LogP contribution in [0.25, 0.3) is 0 Å². The average molecular weight is 424 g/mol. The van der Waals surface area contributed by atoms with E-state index in [0.29, 0.717) is 32.4 Å². The molecule has 1 aromatic rings. The van der Waals surface area contributed by atoms with Gasteiger partial charge in [-0.25, -0.2) is 9.59 Å². The van der Waals surface area contributed by atoms with Crippen LogP contribution >= 0.6 is 0 Å². The minimum Gasteiger partial charge on any atom is -0.450 e. The summed E-state index contributed by atoms with van der Waals surface area (Å²) in [4.78, 5) is 35.0. The fraction of sp³-hybridized carbons (Fsp3) is 0.550. The molecule has 0 spiro atoms. The zero-order valence-electron chi connectivity index (χ0n) is 17.5. The molecule has 8 nitrogen and oxygen atoms in total. The molecule has 0 heterocycles. The summed E-state index contributed by atoms with van der Waals surface area (Å²) in [6, 6.07) is 9.34. The fourth-order valence-corrected chi connectivity index (χ4v) is 3.07. The molecule has 0 aromatic heterocycles. The molecule has 0 saturated heterocycles. The topological polar surface area (TPSA) is 120 Å². The highest BCUT2D eigenvalue weighted by molar-refractivity contribution is 6.76. The molecule has 0 bridgehead atoms. The lowest BCUT2D eigenvalue weighted by Gasteiger charge is -2.16. The van der Waals surface area contributed by atoms with Gasteiger partial charge in [0.25, 0.3) is 0 Å². The maximum Gasteiger partial charge on any atom is 0.408 e. The zero-order valence-corrected chi connectivity index (χ0v) is 18.5. The molecular formula is C20H33N3O5Si. The van der Waals surface area contributed by atoms with Crippen LogP contribution < -0.4 is 16.4 Å². The van der Waals surface area contributed by atoms with E-state index >= 15 is 0 Å². The van der Waals surface area contributed by atoms with Crippen LogP contribution in [-0.4, -0.2) is 45.4 Å². The van der Waals surface area contributed by atoms with Gasteiger partial charge in [-0.05, 0) is 30.9 Å². The second-order valence-corrected chi connectivity index (χ2v) is 13.7. The molecule has 0 aliphatic carbocycles. The number of carbonyl (C=O) groups is 3. The summed E-state index contributed by atoms with van der Waals surface area (Å²) < 4.78 is 10.2. The van der Waals surface area contributed by atoms with E-state index in [4.69, 9.17) is 15.2 Å². The van der Waals surface area contributed by atoms with Crippen molar-refractivity contribution < 1.29 is 23.9 Å². The van der Waals surface area contributed by atoms with Crippen molar-refractivity contribution in [2.45, 2.75) is 57.6 Å². The van der Waals surface area contributed by atoms with Gasteiger partial charge >= 0.3 is 12.2 Å². The van der Waals surface area contributed by atoms with Crippen molar-refractivity contribution in [3.05, 3.63) is 35.9 Å². The van der Waals surface area contributed by atoms with Gasteiger partial charge in [0.2, 0.25) is 5.91 Å². The Hall–Kier alpha value is -2.55. The van der Waals surface area contributed by atoms with Crippen molar-refractivity contribution in [1.29, 1.82) is 0 Å². The highest BCUT2D eigenvalue weighted by atomic mass is 28.3. The van der Waals surface area contributed by atoms with Crippen LogP contribution in [0, 0.1) is 0 Å². The van der Waals surface area contributed by atoms with Gasteiger partial charge in [-0.3, -0.25) is 4.79 Å². The molecule has 4 N–H and O–H groups in total. The Labute approximate surface area is 173 Å². The van der Waals surface area contributed by atoms with Crippen molar-refractivity contribution >= 4 is 26.2 Å². The standard InChI is InChI=1S/C20H33N3O5Si/c1-29(2,3)14-13-27-19(25)22-12-8-7-11-17(18(21)24)23-20(26)28-15-16-9-5-4-6-10-16/h4-6,9-10,17H,7-8,11-15H2,1-3H3,(H2,21,24)(H,22,25)(H,23,26). The van der Waals surface area contributed by atoms with Gasteiger partial charge in [0.1, 0.15) is 12.6 Å². The lowest BCUT2D eigenvalue weighted by atomic mass is 10.1. The minimum atomic E-state index is -1.22. The van der Waals surface area contributed by atoms with Crippen LogP contribution in [0.3, 0.4) is 0 Å². The van der Waals surface area contributed by atoms with E-state index in [1.165, 1.54) is 0 Å².